The molecule has 0 spiro atoms. The van der Waals surface area contributed by atoms with Crippen LogP contribution in [-0.4, -0.2) is 18.7 Å². The molecule has 3 nitrogen and oxygen atoms in total. The monoisotopic (exact) mass is 258 g/mol. The number of rotatable bonds is 5. The van der Waals surface area contributed by atoms with Crippen molar-refractivity contribution in [2.45, 2.75) is 27.2 Å². The average Bonchev–Trinajstić information content (AvgIpc) is 2.35. The topological polar surface area (TPSA) is 55.4 Å². The first-order valence-electron chi connectivity index (χ1n) is 6.46. The molecule has 0 bridgehead atoms. The van der Waals surface area contributed by atoms with Gasteiger partial charge in [-0.25, -0.2) is 0 Å². The smallest absolute Gasteiger partial charge is 0.244 e. The Kier molecular flexibility index (Phi) is 5.49. The third-order valence-corrected chi connectivity index (χ3v) is 3.02. The van der Waals surface area contributed by atoms with E-state index in [1.54, 1.807) is 7.05 Å². The van der Waals surface area contributed by atoms with Crippen molar-refractivity contribution in [1.29, 1.82) is 0 Å². The summed E-state index contributed by atoms with van der Waals surface area (Å²) in [5, 5.41) is 0. The Hall–Kier alpha value is -1.90. The molecule has 1 aromatic rings. The van der Waals surface area contributed by atoms with Gasteiger partial charge in [-0.15, -0.1) is 0 Å². The van der Waals surface area contributed by atoms with Crippen LogP contribution in [0.15, 0.2) is 40.9 Å². The summed E-state index contributed by atoms with van der Waals surface area (Å²) in [7, 11) is 1.74. The third kappa shape index (κ3) is 4.70. The second-order valence-corrected chi connectivity index (χ2v) is 5.00. The minimum Gasteiger partial charge on any atom is -0.366 e. The summed E-state index contributed by atoms with van der Waals surface area (Å²) in [6.07, 6.45) is 2.52. The van der Waals surface area contributed by atoms with E-state index in [-0.39, 0.29) is 11.8 Å². The van der Waals surface area contributed by atoms with Crippen molar-refractivity contribution in [2.75, 3.05) is 7.05 Å². The Morgan fingerprint density at radius 2 is 1.89 bits per heavy atom. The molecular formula is C16H22N2O. The van der Waals surface area contributed by atoms with Crippen molar-refractivity contribution < 1.29 is 4.79 Å². The van der Waals surface area contributed by atoms with Crippen molar-refractivity contribution in [1.82, 2.24) is 0 Å². The molecule has 1 aromatic carbocycles. The van der Waals surface area contributed by atoms with Gasteiger partial charge in [0, 0.05) is 24.8 Å². The summed E-state index contributed by atoms with van der Waals surface area (Å²) in [5.74, 6) is -0.271. The molecule has 3 heteroatoms. The maximum atomic E-state index is 11.4. The van der Waals surface area contributed by atoms with E-state index in [0.29, 0.717) is 12.0 Å². The third-order valence-electron chi connectivity index (χ3n) is 3.02. The number of hydrogen-bond donors (Lipinski definition) is 1. The highest BCUT2D eigenvalue weighted by Gasteiger charge is 2.11. The predicted molar refractivity (Wildman–Crippen MR) is 80.4 cm³/mol. The van der Waals surface area contributed by atoms with Gasteiger partial charge in [0.2, 0.25) is 5.91 Å². The van der Waals surface area contributed by atoms with Gasteiger partial charge in [-0.2, -0.15) is 0 Å². The van der Waals surface area contributed by atoms with Gasteiger partial charge in [0.05, 0.1) is 0 Å². The lowest BCUT2D eigenvalue weighted by molar-refractivity contribution is -0.115. The quantitative estimate of drug-likeness (QED) is 0.640. The lowest BCUT2D eigenvalue weighted by Crippen LogP contribution is -2.19. The zero-order valence-corrected chi connectivity index (χ0v) is 12.1. The number of hydrogen-bond acceptors (Lipinski definition) is 2. The molecule has 2 N–H and O–H groups in total. The molecule has 0 saturated carbocycles. The number of nitrogens with two attached hydrogens (primary N) is 1. The lowest BCUT2D eigenvalue weighted by Gasteiger charge is -2.09. The van der Waals surface area contributed by atoms with E-state index in [2.05, 4.69) is 36.2 Å². The molecule has 0 saturated heterocycles. The lowest BCUT2D eigenvalue weighted by atomic mass is 9.98. The molecule has 0 aromatic heterocycles. The molecule has 1 amide bonds. The molecule has 1 rings (SSSR count). The van der Waals surface area contributed by atoms with Gasteiger partial charge in [0.25, 0.3) is 0 Å². The van der Waals surface area contributed by atoms with Crippen molar-refractivity contribution in [3.8, 4) is 0 Å². The second-order valence-electron chi connectivity index (χ2n) is 5.00. The van der Waals surface area contributed by atoms with E-state index in [0.717, 1.165) is 5.71 Å². The van der Waals surface area contributed by atoms with Crippen LogP contribution >= 0.6 is 0 Å². The zero-order valence-electron chi connectivity index (χ0n) is 12.1. The number of aryl methyl sites for hydroxylation is 1. The number of nitrogens with zero attached hydrogens (tertiary/aromatic N) is 1. The minimum absolute atomic E-state index is 0.104. The van der Waals surface area contributed by atoms with Crippen molar-refractivity contribution >= 4 is 11.6 Å². The highest BCUT2D eigenvalue weighted by Crippen LogP contribution is 2.11. The maximum absolute atomic E-state index is 11.4. The van der Waals surface area contributed by atoms with E-state index in [1.807, 2.05) is 19.9 Å². The SMILES string of the molecule is C/N=C(\C=C(\C(N)=O)C(C)C)Cc1ccc(C)cc1. The summed E-state index contributed by atoms with van der Waals surface area (Å²) in [5.41, 5.74) is 9.28. The Bertz CT molecular complexity index is 496. The van der Waals surface area contributed by atoms with Gasteiger partial charge in [-0.1, -0.05) is 43.7 Å². The standard InChI is InChI=1S/C16H22N2O/c1-11(2)15(16(17)19)10-14(18-4)9-13-7-5-12(3)6-8-13/h5-8,10-11H,9H2,1-4H3,(H2,17,19)/b15-10+,18-14-. The van der Waals surface area contributed by atoms with E-state index < -0.39 is 0 Å². The molecule has 0 radical (unpaired) electrons. The number of carbonyl (C=O) groups excluding carboxylic acids is 1. The molecule has 0 fully saturated rings. The molecule has 0 aliphatic rings. The first-order valence-corrected chi connectivity index (χ1v) is 6.46. The molecule has 0 atom stereocenters. The van der Waals surface area contributed by atoms with E-state index in [9.17, 15) is 4.79 Å². The van der Waals surface area contributed by atoms with Crippen LogP contribution in [-0.2, 0) is 11.2 Å². The molecule has 0 aliphatic heterocycles. The van der Waals surface area contributed by atoms with Crippen LogP contribution in [0, 0.1) is 12.8 Å². The predicted octanol–water partition coefficient (Wildman–Crippen LogP) is 2.68. The van der Waals surface area contributed by atoms with Crippen LogP contribution in [0.4, 0.5) is 0 Å². The number of amides is 1. The van der Waals surface area contributed by atoms with Gasteiger partial charge in [0.15, 0.2) is 0 Å². The number of aliphatic imine (C=N–C) groups is 1. The van der Waals surface area contributed by atoms with Crippen molar-refractivity contribution in [2.24, 2.45) is 16.6 Å². The summed E-state index contributed by atoms with van der Waals surface area (Å²) in [6, 6.07) is 8.30. The Morgan fingerprint density at radius 3 is 2.32 bits per heavy atom. The highest BCUT2D eigenvalue weighted by atomic mass is 16.1. The fraction of sp³-hybridized carbons (Fsp3) is 0.375. The molecule has 102 valence electrons. The van der Waals surface area contributed by atoms with Gasteiger partial charge in [0.1, 0.15) is 0 Å². The highest BCUT2D eigenvalue weighted by molar-refractivity contribution is 6.04. The number of allylic oxidation sites excluding steroid dienone is 1. The molecule has 0 heterocycles. The minimum atomic E-state index is -0.375. The maximum Gasteiger partial charge on any atom is 0.244 e. The van der Waals surface area contributed by atoms with Crippen LogP contribution < -0.4 is 5.73 Å². The Labute approximate surface area is 115 Å². The van der Waals surface area contributed by atoms with Gasteiger partial charge < -0.3 is 5.73 Å². The zero-order chi connectivity index (χ0) is 14.4. The van der Waals surface area contributed by atoms with E-state index >= 15 is 0 Å². The van der Waals surface area contributed by atoms with Crippen LogP contribution in [0.25, 0.3) is 0 Å². The first kappa shape index (κ1) is 15.2. The molecular weight excluding hydrogens is 236 g/mol. The number of primary amides is 1. The fourth-order valence-corrected chi connectivity index (χ4v) is 1.81. The molecule has 0 aliphatic carbocycles. The van der Waals surface area contributed by atoms with Crippen LogP contribution in [0.3, 0.4) is 0 Å². The summed E-state index contributed by atoms with van der Waals surface area (Å²) < 4.78 is 0. The Balaban J connectivity index is 2.93. The van der Waals surface area contributed by atoms with Crippen LogP contribution in [0.2, 0.25) is 0 Å². The van der Waals surface area contributed by atoms with Gasteiger partial charge >= 0.3 is 0 Å². The van der Waals surface area contributed by atoms with E-state index in [4.69, 9.17) is 5.73 Å². The normalized spacial score (nSPS) is 12.9. The summed E-state index contributed by atoms with van der Waals surface area (Å²) in [6.45, 7) is 5.97. The van der Waals surface area contributed by atoms with E-state index in [1.165, 1.54) is 11.1 Å². The number of benzene rings is 1. The summed E-state index contributed by atoms with van der Waals surface area (Å²) >= 11 is 0. The fourth-order valence-electron chi connectivity index (χ4n) is 1.81. The second kappa shape index (κ2) is 6.88. The Morgan fingerprint density at radius 1 is 1.32 bits per heavy atom. The van der Waals surface area contributed by atoms with Gasteiger partial charge in [-0.3, -0.25) is 9.79 Å². The van der Waals surface area contributed by atoms with Crippen molar-refractivity contribution in [3.05, 3.63) is 47.0 Å². The molecule has 0 unspecified atom stereocenters. The average molecular weight is 258 g/mol. The van der Waals surface area contributed by atoms with Crippen LogP contribution in [0.1, 0.15) is 25.0 Å². The van der Waals surface area contributed by atoms with Crippen LogP contribution in [0.5, 0.6) is 0 Å². The summed E-state index contributed by atoms with van der Waals surface area (Å²) in [4.78, 5) is 15.6. The largest absolute Gasteiger partial charge is 0.366 e. The van der Waals surface area contributed by atoms with Crippen molar-refractivity contribution in [3.63, 3.8) is 0 Å². The number of carbonyl (C=O) groups is 1. The van der Waals surface area contributed by atoms with Gasteiger partial charge in [-0.05, 0) is 24.5 Å². The molecule has 19 heavy (non-hydrogen) atoms. The first-order chi connectivity index (χ1) is 8.93.